The highest BCUT2D eigenvalue weighted by atomic mass is 79.9. The first kappa shape index (κ1) is 14.3. The van der Waals surface area contributed by atoms with Gasteiger partial charge in [-0.25, -0.2) is 4.98 Å². The number of amides is 1. The van der Waals surface area contributed by atoms with Crippen molar-refractivity contribution in [2.75, 3.05) is 7.05 Å². The van der Waals surface area contributed by atoms with Crippen LogP contribution in [-0.2, 0) is 24.3 Å². The van der Waals surface area contributed by atoms with Gasteiger partial charge in [-0.2, -0.15) is 0 Å². The molecule has 1 aromatic carbocycles. The fourth-order valence-corrected chi connectivity index (χ4v) is 2.98. The summed E-state index contributed by atoms with van der Waals surface area (Å²) in [6.07, 6.45) is 2.32. The van der Waals surface area contributed by atoms with E-state index < -0.39 is 0 Å². The molecule has 0 spiro atoms. The number of nitrogens with zero attached hydrogens (tertiary/aromatic N) is 2. The predicted molar refractivity (Wildman–Crippen MR) is 83.5 cm³/mol. The molecule has 0 saturated heterocycles. The summed E-state index contributed by atoms with van der Waals surface area (Å²) < 4.78 is 1.02. The molecule has 1 aromatic heterocycles. The molecule has 2 heterocycles. The molecule has 2 N–H and O–H groups in total. The zero-order valence-electron chi connectivity index (χ0n) is 11.8. The number of carbonyl (C=O) groups is 1. The molecule has 0 aliphatic carbocycles. The predicted octanol–water partition coefficient (Wildman–Crippen LogP) is 1.85. The highest BCUT2D eigenvalue weighted by Crippen LogP contribution is 2.19. The third-order valence-corrected chi connectivity index (χ3v) is 4.54. The van der Waals surface area contributed by atoms with Gasteiger partial charge in [0.15, 0.2) is 0 Å². The first-order valence-corrected chi connectivity index (χ1v) is 7.67. The molecule has 1 amide bonds. The van der Waals surface area contributed by atoms with E-state index in [4.69, 9.17) is 0 Å². The highest BCUT2D eigenvalue weighted by Gasteiger charge is 2.28. The summed E-state index contributed by atoms with van der Waals surface area (Å²) in [5, 5.41) is 3.27. The van der Waals surface area contributed by atoms with E-state index in [2.05, 4.69) is 31.2 Å². The van der Waals surface area contributed by atoms with E-state index in [0.717, 1.165) is 21.4 Å². The average Bonchev–Trinajstić information content (AvgIpc) is 2.96. The number of fused-ring (bicyclic) bond motifs is 1. The summed E-state index contributed by atoms with van der Waals surface area (Å²) in [6, 6.07) is 7.76. The number of aromatic nitrogens is 2. The fourth-order valence-electron chi connectivity index (χ4n) is 2.57. The molecule has 6 heteroatoms. The number of aromatic amines is 1. The Balaban J connectivity index is 1.67. The first-order valence-electron chi connectivity index (χ1n) is 6.88. The van der Waals surface area contributed by atoms with Crippen LogP contribution in [0.3, 0.4) is 0 Å². The molecule has 5 nitrogen and oxygen atoms in total. The van der Waals surface area contributed by atoms with Gasteiger partial charge in [0.25, 0.3) is 0 Å². The minimum Gasteiger partial charge on any atom is -0.347 e. The summed E-state index contributed by atoms with van der Waals surface area (Å²) in [5.41, 5.74) is 3.17. The SMILES string of the molecule is CN(Cc1ccccc1Br)C(=O)C1Cc2nc[nH]c2CN1. The van der Waals surface area contributed by atoms with E-state index >= 15 is 0 Å². The number of H-pyrrole nitrogens is 1. The molecule has 1 aliphatic rings. The van der Waals surface area contributed by atoms with Gasteiger partial charge in [-0.15, -0.1) is 0 Å². The molecular weight excluding hydrogens is 332 g/mol. The van der Waals surface area contributed by atoms with Crippen molar-refractivity contribution in [2.24, 2.45) is 0 Å². The lowest BCUT2D eigenvalue weighted by Gasteiger charge is -2.27. The average molecular weight is 349 g/mol. The van der Waals surface area contributed by atoms with Gasteiger partial charge in [0, 0.05) is 31.0 Å². The van der Waals surface area contributed by atoms with Crippen LogP contribution in [0.15, 0.2) is 35.1 Å². The lowest BCUT2D eigenvalue weighted by atomic mass is 10.0. The monoisotopic (exact) mass is 348 g/mol. The second-order valence-electron chi connectivity index (χ2n) is 5.25. The number of nitrogens with one attached hydrogen (secondary N) is 2. The molecule has 1 aliphatic heterocycles. The second-order valence-corrected chi connectivity index (χ2v) is 6.11. The highest BCUT2D eigenvalue weighted by molar-refractivity contribution is 9.10. The topological polar surface area (TPSA) is 61.0 Å². The van der Waals surface area contributed by atoms with Crippen molar-refractivity contribution in [1.82, 2.24) is 20.2 Å². The smallest absolute Gasteiger partial charge is 0.240 e. The number of hydrogen-bond donors (Lipinski definition) is 2. The van der Waals surface area contributed by atoms with Gasteiger partial charge in [-0.3, -0.25) is 10.1 Å². The normalized spacial score (nSPS) is 17.3. The Labute approximate surface area is 131 Å². The lowest BCUT2D eigenvalue weighted by molar-refractivity contribution is -0.132. The Morgan fingerprint density at radius 3 is 3.10 bits per heavy atom. The number of likely N-dealkylation sites (N-methyl/N-ethyl adjacent to an activating group) is 1. The zero-order valence-corrected chi connectivity index (χ0v) is 13.4. The molecule has 21 heavy (non-hydrogen) atoms. The number of carbonyl (C=O) groups excluding carboxylic acids is 1. The number of imidazole rings is 1. The van der Waals surface area contributed by atoms with Gasteiger partial charge in [0.05, 0.1) is 23.8 Å². The largest absolute Gasteiger partial charge is 0.347 e. The standard InChI is InChI=1S/C15H17BrN4O/c1-20(8-10-4-2-3-5-11(10)16)15(21)13-6-12-14(7-17-13)19-9-18-12/h2-5,9,13,17H,6-8H2,1H3,(H,18,19). The molecule has 1 atom stereocenters. The van der Waals surface area contributed by atoms with Crippen LogP contribution in [0.2, 0.25) is 0 Å². The first-order chi connectivity index (χ1) is 10.1. The maximum Gasteiger partial charge on any atom is 0.240 e. The van der Waals surface area contributed by atoms with Gasteiger partial charge in [-0.05, 0) is 11.6 Å². The van der Waals surface area contributed by atoms with Crippen LogP contribution in [-0.4, -0.2) is 33.9 Å². The van der Waals surface area contributed by atoms with E-state index in [9.17, 15) is 4.79 Å². The number of hydrogen-bond acceptors (Lipinski definition) is 3. The molecule has 2 aromatic rings. The van der Waals surface area contributed by atoms with E-state index in [0.29, 0.717) is 19.5 Å². The molecule has 110 valence electrons. The van der Waals surface area contributed by atoms with E-state index in [1.807, 2.05) is 31.3 Å². The second kappa shape index (κ2) is 5.99. The van der Waals surface area contributed by atoms with Crippen LogP contribution in [0, 0.1) is 0 Å². The molecule has 0 bridgehead atoms. The van der Waals surface area contributed by atoms with Crippen LogP contribution < -0.4 is 5.32 Å². The summed E-state index contributed by atoms with van der Waals surface area (Å²) >= 11 is 3.52. The van der Waals surface area contributed by atoms with Crippen molar-refractivity contribution in [3.63, 3.8) is 0 Å². The van der Waals surface area contributed by atoms with Crippen LogP contribution in [0.4, 0.5) is 0 Å². The van der Waals surface area contributed by atoms with Gasteiger partial charge >= 0.3 is 0 Å². The van der Waals surface area contributed by atoms with Gasteiger partial charge < -0.3 is 9.88 Å². The van der Waals surface area contributed by atoms with Crippen LogP contribution in [0.5, 0.6) is 0 Å². The Morgan fingerprint density at radius 1 is 1.48 bits per heavy atom. The maximum atomic E-state index is 12.6. The number of benzene rings is 1. The Kier molecular flexibility index (Phi) is 4.07. The van der Waals surface area contributed by atoms with Crippen molar-refractivity contribution in [3.8, 4) is 0 Å². The van der Waals surface area contributed by atoms with Crippen molar-refractivity contribution >= 4 is 21.8 Å². The lowest BCUT2D eigenvalue weighted by Crippen LogP contribution is -2.48. The Morgan fingerprint density at radius 2 is 2.29 bits per heavy atom. The van der Waals surface area contributed by atoms with E-state index in [-0.39, 0.29) is 11.9 Å². The summed E-state index contributed by atoms with van der Waals surface area (Å²) in [6.45, 7) is 1.25. The molecule has 0 fully saturated rings. The van der Waals surface area contributed by atoms with Gasteiger partial charge in [-0.1, -0.05) is 34.1 Å². The van der Waals surface area contributed by atoms with Crippen LogP contribution >= 0.6 is 15.9 Å². The summed E-state index contributed by atoms with van der Waals surface area (Å²) in [5.74, 6) is 0.0967. The summed E-state index contributed by atoms with van der Waals surface area (Å²) in [7, 11) is 1.84. The third kappa shape index (κ3) is 3.01. The van der Waals surface area contributed by atoms with E-state index in [1.165, 1.54) is 0 Å². The minimum atomic E-state index is -0.201. The van der Waals surface area contributed by atoms with Crippen LogP contribution in [0.25, 0.3) is 0 Å². The fraction of sp³-hybridized carbons (Fsp3) is 0.333. The Bertz CT molecular complexity index is 655. The third-order valence-electron chi connectivity index (χ3n) is 3.77. The number of halogens is 1. The zero-order chi connectivity index (χ0) is 14.8. The van der Waals surface area contributed by atoms with Crippen molar-refractivity contribution < 1.29 is 4.79 Å². The molecule has 0 saturated carbocycles. The Hall–Kier alpha value is -1.66. The van der Waals surface area contributed by atoms with Gasteiger partial charge in [0.1, 0.15) is 0 Å². The molecular formula is C15H17BrN4O. The molecule has 0 radical (unpaired) electrons. The quantitative estimate of drug-likeness (QED) is 0.889. The van der Waals surface area contributed by atoms with Crippen LogP contribution in [0.1, 0.15) is 17.0 Å². The minimum absolute atomic E-state index is 0.0967. The number of rotatable bonds is 3. The summed E-state index contributed by atoms with van der Waals surface area (Å²) in [4.78, 5) is 21.7. The molecule has 1 unspecified atom stereocenters. The van der Waals surface area contributed by atoms with E-state index in [1.54, 1.807) is 11.2 Å². The van der Waals surface area contributed by atoms with Crippen molar-refractivity contribution in [1.29, 1.82) is 0 Å². The van der Waals surface area contributed by atoms with Crippen molar-refractivity contribution in [3.05, 3.63) is 52.0 Å². The molecule has 3 rings (SSSR count). The maximum absolute atomic E-state index is 12.6. The van der Waals surface area contributed by atoms with Crippen molar-refractivity contribution in [2.45, 2.75) is 25.6 Å². The van der Waals surface area contributed by atoms with Gasteiger partial charge in [0.2, 0.25) is 5.91 Å².